The number of hydrogen-bond acceptors (Lipinski definition) is 4. The minimum Gasteiger partial charge on any atom is -0.494 e. The van der Waals surface area contributed by atoms with Gasteiger partial charge >= 0.3 is 0 Å². The molecule has 1 aliphatic heterocycles. The van der Waals surface area contributed by atoms with E-state index in [1.165, 1.54) is 0 Å². The number of nitrogens with one attached hydrogen (secondary N) is 1. The van der Waals surface area contributed by atoms with Crippen LogP contribution in [-0.4, -0.2) is 23.2 Å². The number of hydrogen-bond donors (Lipinski definition) is 1. The Morgan fingerprint density at radius 3 is 2.90 bits per heavy atom. The third-order valence-corrected chi connectivity index (χ3v) is 5.19. The number of rotatable bonds is 5. The summed E-state index contributed by atoms with van der Waals surface area (Å²) in [5.74, 6) is 0.852. The fourth-order valence-corrected chi connectivity index (χ4v) is 3.85. The first-order chi connectivity index (χ1) is 14.0. The Kier molecular flexibility index (Phi) is 5.20. The number of ether oxygens (including phenoxy) is 2. The molecule has 6 nitrogen and oxygen atoms in total. The number of halogens is 1. The third-order valence-electron chi connectivity index (χ3n) is 4.87. The standard InChI is InChI=1S/C22H21ClN2O4/c1-3-28-17-7-5-4-6-14(17)10-24-22(27)15-12-25-11-13(2)29-18-9-8-16(23)19(20(18)25)21(15)26/h4-9,12-13H,3,10-11H2,1-2H3,(H,24,27)/t13-/m0/s1. The van der Waals surface area contributed by atoms with Crippen LogP contribution >= 0.6 is 11.6 Å². The van der Waals surface area contributed by atoms with E-state index >= 15 is 0 Å². The lowest BCUT2D eigenvalue weighted by Crippen LogP contribution is -2.32. The van der Waals surface area contributed by atoms with Crippen LogP contribution in [-0.2, 0) is 13.1 Å². The highest BCUT2D eigenvalue weighted by Crippen LogP contribution is 2.33. The van der Waals surface area contributed by atoms with Crippen molar-refractivity contribution in [2.24, 2.45) is 0 Å². The lowest BCUT2D eigenvalue weighted by Gasteiger charge is -2.26. The van der Waals surface area contributed by atoms with Gasteiger partial charge in [-0.05, 0) is 32.0 Å². The Balaban J connectivity index is 1.70. The van der Waals surface area contributed by atoms with Gasteiger partial charge in [0, 0.05) is 18.3 Å². The highest BCUT2D eigenvalue weighted by molar-refractivity contribution is 6.35. The zero-order chi connectivity index (χ0) is 20.5. The first-order valence-electron chi connectivity index (χ1n) is 9.50. The molecular formula is C22H21ClN2O4. The van der Waals surface area contributed by atoms with Gasteiger partial charge in [-0.1, -0.05) is 29.8 Å². The molecule has 1 N–H and O–H groups in total. The zero-order valence-electron chi connectivity index (χ0n) is 16.2. The highest BCUT2D eigenvalue weighted by Gasteiger charge is 2.24. The largest absolute Gasteiger partial charge is 0.494 e. The third kappa shape index (κ3) is 3.56. The van der Waals surface area contributed by atoms with E-state index in [0.29, 0.717) is 40.6 Å². The second-order valence-corrected chi connectivity index (χ2v) is 7.35. The summed E-state index contributed by atoms with van der Waals surface area (Å²) in [6.45, 7) is 5.14. The average Bonchev–Trinajstić information content (AvgIpc) is 2.70. The van der Waals surface area contributed by atoms with Gasteiger partial charge in [0.15, 0.2) is 0 Å². The molecule has 0 aliphatic carbocycles. The number of para-hydroxylation sites is 1. The second-order valence-electron chi connectivity index (χ2n) is 6.95. The molecule has 0 unspecified atom stereocenters. The number of nitrogens with zero attached hydrogens (tertiary/aromatic N) is 1. The maximum atomic E-state index is 13.1. The van der Waals surface area contributed by atoms with Gasteiger partial charge in [0.1, 0.15) is 23.2 Å². The van der Waals surface area contributed by atoms with Crippen molar-refractivity contribution in [3.05, 3.63) is 69.0 Å². The molecule has 0 bridgehead atoms. The number of benzene rings is 2. The van der Waals surface area contributed by atoms with Crippen LogP contribution in [0.1, 0.15) is 29.8 Å². The molecule has 4 rings (SSSR count). The predicted molar refractivity (Wildman–Crippen MR) is 112 cm³/mol. The Labute approximate surface area is 173 Å². The number of carbonyl (C=O) groups is 1. The van der Waals surface area contributed by atoms with Crippen molar-refractivity contribution in [1.29, 1.82) is 0 Å². The lowest BCUT2D eigenvalue weighted by molar-refractivity contribution is 0.0948. The summed E-state index contributed by atoms with van der Waals surface area (Å²) < 4.78 is 13.3. The second kappa shape index (κ2) is 7.79. The maximum absolute atomic E-state index is 13.1. The van der Waals surface area contributed by atoms with Crippen LogP contribution in [0.4, 0.5) is 0 Å². The summed E-state index contributed by atoms with van der Waals surface area (Å²) in [5.41, 5.74) is 1.11. The molecule has 7 heteroatoms. The molecular weight excluding hydrogens is 392 g/mol. The molecule has 0 spiro atoms. The summed E-state index contributed by atoms with van der Waals surface area (Å²) in [6.07, 6.45) is 1.51. The summed E-state index contributed by atoms with van der Waals surface area (Å²) in [7, 11) is 0. The molecule has 1 aliphatic rings. The van der Waals surface area contributed by atoms with Crippen molar-refractivity contribution in [3.63, 3.8) is 0 Å². The Hall–Kier alpha value is -2.99. The normalized spacial score (nSPS) is 15.1. The van der Waals surface area contributed by atoms with Crippen LogP contribution in [0.15, 0.2) is 47.4 Å². The van der Waals surface area contributed by atoms with Crippen molar-refractivity contribution in [3.8, 4) is 11.5 Å². The molecule has 1 atom stereocenters. The SMILES string of the molecule is CCOc1ccccc1CNC(=O)c1cn2c3c(ccc(Cl)c3c1=O)O[C@@H](C)C2. The van der Waals surface area contributed by atoms with Crippen molar-refractivity contribution in [1.82, 2.24) is 9.88 Å². The first-order valence-corrected chi connectivity index (χ1v) is 9.88. The van der Waals surface area contributed by atoms with Crippen LogP contribution in [0.3, 0.4) is 0 Å². The van der Waals surface area contributed by atoms with E-state index in [2.05, 4.69) is 5.32 Å². The van der Waals surface area contributed by atoms with Crippen molar-refractivity contribution >= 4 is 28.4 Å². The highest BCUT2D eigenvalue weighted by atomic mass is 35.5. The van der Waals surface area contributed by atoms with Crippen LogP contribution in [0.2, 0.25) is 5.02 Å². The van der Waals surface area contributed by atoms with Gasteiger partial charge in [-0.25, -0.2) is 0 Å². The number of carbonyl (C=O) groups excluding carboxylic acids is 1. The average molecular weight is 413 g/mol. The molecule has 0 saturated heterocycles. The van der Waals surface area contributed by atoms with E-state index in [1.54, 1.807) is 18.3 Å². The van der Waals surface area contributed by atoms with Crippen LogP contribution < -0.4 is 20.2 Å². The van der Waals surface area contributed by atoms with Gasteiger partial charge in [0.25, 0.3) is 5.91 Å². The van der Waals surface area contributed by atoms with E-state index in [1.807, 2.05) is 42.7 Å². The van der Waals surface area contributed by atoms with Crippen LogP contribution in [0, 0.1) is 0 Å². The molecule has 1 amide bonds. The molecule has 3 aromatic rings. The van der Waals surface area contributed by atoms with Crippen molar-refractivity contribution < 1.29 is 14.3 Å². The number of aromatic nitrogens is 1. The molecule has 0 radical (unpaired) electrons. The van der Waals surface area contributed by atoms with E-state index < -0.39 is 11.3 Å². The van der Waals surface area contributed by atoms with E-state index in [9.17, 15) is 9.59 Å². The van der Waals surface area contributed by atoms with Crippen molar-refractivity contribution in [2.45, 2.75) is 33.0 Å². The van der Waals surface area contributed by atoms with E-state index in [4.69, 9.17) is 21.1 Å². The predicted octanol–water partition coefficient (Wildman–Crippen LogP) is 3.76. The summed E-state index contributed by atoms with van der Waals surface area (Å²) in [4.78, 5) is 25.9. The lowest BCUT2D eigenvalue weighted by atomic mass is 10.1. The first kappa shape index (κ1) is 19.3. The van der Waals surface area contributed by atoms with Crippen molar-refractivity contribution in [2.75, 3.05) is 6.61 Å². The minimum atomic E-state index is -0.451. The molecule has 2 heterocycles. The maximum Gasteiger partial charge on any atom is 0.257 e. The Morgan fingerprint density at radius 2 is 2.10 bits per heavy atom. The van der Waals surface area contributed by atoms with Crippen LogP contribution in [0.25, 0.3) is 10.9 Å². The molecule has 29 heavy (non-hydrogen) atoms. The Morgan fingerprint density at radius 1 is 1.31 bits per heavy atom. The fraction of sp³-hybridized carbons (Fsp3) is 0.273. The van der Waals surface area contributed by atoms with Gasteiger partial charge in [-0.15, -0.1) is 0 Å². The van der Waals surface area contributed by atoms with E-state index in [-0.39, 0.29) is 18.2 Å². The monoisotopic (exact) mass is 412 g/mol. The number of pyridine rings is 1. The summed E-state index contributed by atoms with van der Waals surface area (Å²) in [6, 6.07) is 10.9. The zero-order valence-corrected chi connectivity index (χ0v) is 17.0. The van der Waals surface area contributed by atoms with Gasteiger partial charge in [0.2, 0.25) is 5.43 Å². The molecule has 1 aromatic heterocycles. The van der Waals surface area contributed by atoms with Gasteiger partial charge in [-0.2, -0.15) is 0 Å². The molecule has 150 valence electrons. The molecule has 0 saturated carbocycles. The smallest absolute Gasteiger partial charge is 0.257 e. The van der Waals surface area contributed by atoms with E-state index in [0.717, 1.165) is 5.56 Å². The van der Waals surface area contributed by atoms with Gasteiger partial charge < -0.3 is 19.4 Å². The number of amides is 1. The minimum absolute atomic E-state index is 0.0551. The van der Waals surface area contributed by atoms with Gasteiger partial charge in [-0.3, -0.25) is 9.59 Å². The summed E-state index contributed by atoms with van der Waals surface area (Å²) >= 11 is 6.31. The fourth-order valence-electron chi connectivity index (χ4n) is 3.61. The Bertz CT molecular complexity index is 1160. The van der Waals surface area contributed by atoms with Gasteiger partial charge in [0.05, 0.1) is 29.1 Å². The topological polar surface area (TPSA) is 69.6 Å². The van der Waals surface area contributed by atoms with Crippen LogP contribution in [0.5, 0.6) is 11.5 Å². The molecule has 0 fully saturated rings. The molecule has 2 aromatic carbocycles. The summed E-state index contributed by atoms with van der Waals surface area (Å²) in [5, 5.41) is 3.43. The quantitative estimate of drug-likeness (QED) is 0.692.